The number of aliphatic carboxylic acids is 1. The molecule has 0 bridgehead atoms. The predicted molar refractivity (Wildman–Crippen MR) is 60.6 cm³/mol. The highest BCUT2D eigenvalue weighted by Crippen LogP contribution is 2.15. The topological polar surface area (TPSA) is 49.8 Å². The van der Waals surface area contributed by atoms with Crippen molar-refractivity contribution in [2.24, 2.45) is 0 Å². The fourth-order valence-corrected chi connectivity index (χ4v) is 1.75. The summed E-state index contributed by atoms with van der Waals surface area (Å²) < 4.78 is 5.25. The number of likely N-dealkylation sites (tertiary alicyclic amines) is 1. The summed E-state index contributed by atoms with van der Waals surface area (Å²) in [6.07, 6.45) is 2.04. The molecule has 0 atom stereocenters. The summed E-state index contributed by atoms with van der Waals surface area (Å²) in [5.41, 5.74) is 0. The Labute approximate surface area is 97.0 Å². The molecule has 1 rings (SSSR count). The lowest BCUT2D eigenvalue weighted by Gasteiger charge is -2.34. The maximum absolute atomic E-state index is 10.3. The Balaban J connectivity index is 0.00000196. The van der Waals surface area contributed by atoms with Crippen molar-refractivity contribution in [2.45, 2.75) is 38.8 Å². The van der Waals surface area contributed by atoms with Crippen molar-refractivity contribution in [3.05, 3.63) is 0 Å². The first-order chi connectivity index (χ1) is 6.59. The van der Waals surface area contributed by atoms with Gasteiger partial charge in [0.2, 0.25) is 0 Å². The van der Waals surface area contributed by atoms with Crippen LogP contribution in [0.3, 0.4) is 0 Å². The SMILES string of the molecule is CC(C)N1CCC(OCC(=O)O)CC1.Cl. The van der Waals surface area contributed by atoms with Crippen LogP contribution in [0.5, 0.6) is 0 Å². The molecular formula is C10H20ClNO3. The Hall–Kier alpha value is -0.320. The second-order valence-electron chi connectivity index (χ2n) is 4.03. The van der Waals surface area contributed by atoms with Crippen molar-refractivity contribution in [3.63, 3.8) is 0 Å². The summed E-state index contributed by atoms with van der Waals surface area (Å²) in [6.45, 7) is 6.23. The first kappa shape index (κ1) is 14.7. The van der Waals surface area contributed by atoms with Gasteiger partial charge in [0, 0.05) is 19.1 Å². The maximum atomic E-state index is 10.3. The lowest BCUT2D eigenvalue weighted by atomic mass is 10.1. The molecule has 1 heterocycles. The highest BCUT2D eigenvalue weighted by atomic mass is 35.5. The number of nitrogens with zero attached hydrogens (tertiary/aromatic N) is 1. The third-order valence-corrected chi connectivity index (χ3v) is 2.65. The highest BCUT2D eigenvalue weighted by Gasteiger charge is 2.21. The lowest BCUT2D eigenvalue weighted by molar-refractivity contribution is -0.145. The van der Waals surface area contributed by atoms with Crippen LogP contribution in [0.2, 0.25) is 0 Å². The van der Waals surface area contributed by atoms with Gasteiger partial charge in [0.25, 0.3) is 0 Å². The molecule has 1 saturated heterocycles. The van der Waals surface area contributed by atoms with Crippen molar-refractivity contribution in [1.82, 2.24) is 4.90 Å². The van der Waals surface area contributed by atoms with Crippen LogP contribution in [0.1, 0.15) is 26.7 Å². The quantitative estimate of drug-likeness (QED) is 0.803. The minimum absolute atomic E-state index is 0. The van der Waals surface area contributed by atoms with E-state index in [4.69, 9.17) is 9.84 Å². The Kier molecular flexibility index (Phi) is 6.89. The normalized spacial score (nSPS) is 18.9. The zero-order valence-electron chi connectivity index (χ0n) is 9.31. The van der Waals surface area contributed by atoms with Crippen molar-refractivity contribution in [3.8, 4) is 0 Å². The Morgan fingerprint density at radius 3 is 2.40 bits per heavy atom. The minimum atomic E-state index is -0.878. The molecule has 0 amide bonds. The predicted octanol–water partition coefficient (Wildman–Crippen LogP) is 1.38. The molecule has 1 aliphatic heterocycles. The molecule has 15 heavy (non-hydrogen) atoms. The van der Waals surface area contributed by atoms with Crippen molar-refractivity contribution in [2.75, 3.05) is 19.7 Å². The number of hydrogen-bond donors (Lipinski definition) is 1. The largest absolute Gasteiger partial charge is 0.480 e. The van der Waals surface area contributed by atoms with E-state index in [1.807, 2.05) is 0 Å². The molecule has 0 aromatic heterocycles. The van der Waals surface area contributed by atoms with Gasteiger partial charge in [0.05, 0.1) is 6.10 Å². The van der Waals surface area contributed by atoms with E-state index in [1.54, 1.807) is 0 Å². The third-order valence-electron chi connectivity index (χ3n) is 2.65. The lowest BCUT2D eigenvalue weighted by Crippen LogP contribution is -2.41. The van der Waals surface area contributed by atoms with Gasteiger partial charge >= 0.3 is 5.97 Å². The van der Waals surface area contributed by atoms with E-state index in [0.717, 1.165) is 25.9 Å². The molecule has 0 aliphatic carbocycles. The van der Waals surface area contributed by atoms with Crippen molar-refractivity contribution < 1.29 is 14.6 Å². The van der Waals surface area contributed by atoms with Gasteiger partial charge in [0.1, 0.15) is 6.61 Å². The second kappa shape index (κ2) is 7.04. The van der Waals surface area contributed by atoms with Crippen LogP contribution in [0.25, 0.3) is 0 Å². The number of hydrogen-bond acceptors (Lipinski definition) is 3. The van der Waals surface area contributed by atoms with E-state index in [-0.39, 0.29) is 25.1 Å². The van der Waals surface area contributed by atoms with Crippen LogP contribution in [0.15, 0.2) is 0 Å². The molecule has 0 saturated carbocycles. The number of carboxylic acid groups (broad SMARTS) is 1. The average molecular weight is 238 g/mol. The second-order valence-corrected chi connectivity index (χ2v) is 4.03. The summed E-state index contributed by atoms with van der Waals surface area (Å²) in [4.78, 5) is 12.7. The molecule has 4 nitrogen and oxygen atoms in total. The number of carboxylic acids is 1. The van der Waals surface area contributed by atoms with Crippen LogP contribution < -0.4 is 0 Å². The van der Waals surface area contributed by atoms with E-state index in [1.165, 1.54) is 0 Å². The molecule has 0 radical (unpaired) electrons. The van der Waals surface area contributed by atoms with Crippen molar-refractivity contribution >= 4 is 18.4 Å². The highest BCUT2D eigenvalue weighted by molar-refractivity contribution is 5.85. The Bertz CT molecular complexity index is 191. The number of rotatable bonds is 4. The van der Waals surface area contributed by atoms with E-state index >= 15 is 0 Å². The van der Waals surface area contributed by atoms with Gasteiger partial charge in [-0.15, -0.1) is 12.4 Å². The number of ether oxygens (including phenoxy) is 1. The molecule has 1 fully saturated rings. The van der Waals surface area contributed by atoms with Gasteiger partial charge in [-0.3, -0.25) is 0 Å². The maximum Gasteiger partial charge on any atom is 0.329 e. The van der Waals surface area contributed by atoms with E-state index in [2.05, 4.69) is 18.7 Å². The van der Waals surface area contributed by atoms with Gasteiger partial charge in [-0.05, 0) is 26.7 Å². The number of halogens is 1. The number of piperidine rings is 1. The summed E-state index contributed by atoms with van der Waals surface area (Å²) in [5, 5.41) is 8.45. The summed E-state index contributed by atoms with van der Waals surface area (Å²) in [5.74, 6) is -0.878. The molecule has 1 aliphatic rings. The Morgan fingerprint density at radius 1 is 1.47 bits per heavy atom. The van der Waals surface area contributed by atoms with E-state index in [9.17, 15) is 4.79 Å². The van der Waals surface area contributed by atoms with E-state index in [0.29, 0.717) is 6.04 Å². The van der Waals surface area contributed by atoms with Gasteiger partial charge in [-0.25, -0.2) is 4.79 Å². The zero-order valence-corrected chi connectivity index (χ0v) is 10.1. The van der Waals surface area contributed by atoms with Crippen LogP contribution in [0.4, 0.5) is 0 Å². The van der Waals surface area contributed by atoms with Gasteiger partial charge in [-0.2, -0.15) is 0 Å². The fraction of sp³-hybridized carbons (Fsp3) is 0.900. The summed E-state index contributed by atoms with van der Waals surface area (Å²) in [6, 6.07) is 0.579. The van der Waals surface area contributed by atoms with Crippen molar-refractivity contribution in [1.29, 1.82) is 0 Å². The summed E-state index contributed by atoms with van der Waals surface area (Å²) >= 11 is 0. The fourth-order valence-electron chi connectivity index (χ4n) is 1.75. The van der Waals surface area contributed by atoms with Crippen LogP contribution in [-0.4, -0.2) is 47.8 Å². The number of carbonyl (C=O) groups is 1. The molecule has 5 heteroatoms. The van der Waals surface area contributed by atoms with Crippen LogP contribution in [-0.2, 0) is 9.53 Å². The smallest absolute Gasteiger partial charge is 0.329 e. The van der Waals surface area contributed by atoms with Gasteiger partial charge in [-0.1, -0.05) is 0 Å². The van der Waals surface area contributed by atoms with Crippen LogP contribution >= 0.6 is 12.4 Å². The van der Waals surface area contributed by atoms with Crippen LogP contribution in [0, 0.1) is 0 Å². The zero-order chi connectivity index (χ0) is 10.6. The first-order valence-electron chi connectivity index (χ1n) is 5.17. The molecule has 0 spiro atoms. The monoisotopic (exact) mass is 237 g/mol. The minimum Gasteiger partial charge on any atom is -0.480 e. The van der Waals surface area contributed by atoms with Gasteiger partial charge < -0.3 is 14.7 Å². The summed E-state index contributed by atoms with van der Waals surface area (Å²) in [7, 11) is 0. The molecule has 90 valence electrons. The molecule has 0 aromatic rings. The third kappa shape index (κ3) is 5.35. The molecule has 0 aromatic carbocycles. The molecular weight excluding hydrogens is 218 g/mol. The van der Waals surface area contributed by atoms with Gasteiger partial charge in [0.15, 0.2) is 0 Å². The van der Waals surface area contributed by atoms with E-state index < -0.39 is 5.97 Å². The average Bonchev–Trinajstić information content (AvgIpc) is 2.15. The Morgan fingerprint density at radius 2 is 2.00 bits per heavy atom. The molecule has 1 N–H and O–H groups in total. The first-order valence-corrected chi connectivity index (χ1v) is 5.17. The molecule has 0 unspecified atom stereocenters. The standard InChI is InChI=1S/C10H19NO3.ClH/c1-8(2)11-5-3-9(4-6-11)14-7-10(12)13;/h8-9H,3-7H2,1-2H3,(H,12,13);1H.